The Morgan fingerprint density at radius 3 is 2.67 bits per heavy atom. The summed E-state index contributed by atoms with van der Waals surface area (Å²) < 4.78 is 13.4. The maximum Gasteiger partial charge on any atom is 0.170 e. The topological polar surface area (TPSA) is 54.8 Å². The van der Waals surface area contributed by atoms with Crippen molar-refractivity contribution in [1.82, 2.24) is 24.7 Å². The molecule has 172 valence electrons. The summed E-state index contributed by atoms with van der Waals surface area (Å²) in [6, 6.07) is 18.3. The number of nitrogens with zero attached hydrogens (tertiary/aromatic N) is 4. The lowest BCUT2D eigenvalue weighted by atomic mass is 10.0. The van der Waals surface area contributed by atoms with E-state index in [0.29, 0.717) is 0 Å². The second kappa shape index (κ2) is 9.91. The molecule has 2 aliphatic rings. The number of morpholine rings is 1. The Hall–Kier alpha value is -2.94. The van der Waals surface area contributed by atoms with Crippen LogP contribution in [0.5, 0.6) is 5.75 Å². The number of thiocarbonyl (C=S) groups is 1. The lowest BCUT2D eigenvalue weighted by Gasteiger charge is -2.32. The second-order valence-corrected chi connectivity index (χ2v) is 8.64. The molecule has 0 aliphatic carbocycles. The van der Waals surface area contributed by atoms with Gasteiger partial charge in [0, 0.05) is 44.3 Å². The Balaban J connectivity index is 1.52. The van der Waals surface area contributed by atoms with Gasteiger partial charge in [0.2, 0.25) is 0 Å². The fourth-order valence-corrected chi connectivity index (χ4v) is 5.06. The summed E-state index contributed by atoms with van der Waals surface area (Å²) in [5, 5.41) is 4.32. The van der Waals surface area contributed by atoms with Gasteiger partial charge in [0.05, 0.1) is 43.8 Å². The maximum absolute atomic E-state index is 5.85. The first kappa shape index (κ1) is 21.9. The van der Waals surface area contributed by atoms with E-state index < -0.39 is 0 Å². The van der Waals surface area contributed by atoms with E-state index in [0.717, 1.165) is 67.3 Å². The molecule has 0 saturated carbocycles. The lowest BCUT2D eigenvalue weighted by molar-refractivity contribution is 0.0349. The molecule has 2 saturated heterocycles. The third kappa shape index (κ3) is 4.46. The summed E-state index contributed by atoms with van der Waals surface area (Å²) >= 11 is 5.85. The van der Waals surface area contributed by atoms with Gasteiger partial charge in [0.1, 0.15) is 5.75 Å². The standard InChI is InChI=1S/C25H29N5O2S/c1-31-22-10-3-2-8-20(22)29-12-6-9-21(29)24-23(19-7-4-5-11-26-19)27-25(33)30(24)14-13-28-15-17-32-18-16-28/h2-12,23-24H,13-18H2,1H3,(H,27,33)/t23-,24+/m0/s1. The molecule has 2 aromatic heterocycles. The average molecular weight is 464 g/mol. The first-order valence-corrected chi connectivity index (χ1v) is 11.8. The molecule has 0 amide bonds. The number of benzene rings is 1. The number of methoxy groups -OCH3 is 1. The third-order valence-electron chi connectivity index (χ3n) is 6.39. The van der Waals surface area contributed by atoms with Gasteiger partial charge in [0.15, 0.2) is 5.11 Å². The zero-order valence-corrected chi connectivity index (χ0v) is 19.6. The molecule has 0 bridgehead atoms. The molecule has 5 rings (SSSR count). The highest BCUT2D eigenvalue weighted by Crippen LogP contribution is 2.40. The third-order valence-corrected chi connectivity index (χ3v) is 6.74. The summed E-state index contributed by atoms with van der Waals surface area (Å²) in [4.78, 5) is 9.42. The highest BCUT2D eigenvalue weighted by atomic mass is 32.1. The Morgan fingerprint density at radius 1 is 1.06 bits per heavy atom. The van der Waals surface area contributed by atoms with Gasteiger partial charge < -0.3 is 24.3 Å². The molecular formula is C25H29N5O2S. The van der Waals surface area contributed by atoms with Crippen LogP contribution >= 0.6 is 12.2 Å². The van der Waals surface area contributed by atoms with Gasteiger partial charge in [-0.2, -0.15) is 0 Å². The second-order valence-electron chi connectivity index (χ2n) is 8.25. The maximum atomic E-state index is 5.85. The molecule has 0 radical (unpaired) electrons. The molecule has 0 unspecified atom stereocenters. The Kier molecular flexibility index (Phi) is 6.57. The van der Waals surface area contributed by atoms with Crippen molar-refractivity contribution in [2.24, 2.45) is 0 Å². The first-order chi connectivity index (χ1) is 16.3. The molecule has 4 heterocycles. The van der Waals surface area contributed by atoms with Crippen LogP contribution < -0.4 is 10.1 Å². The molecule has 8 heteroatoms. The molecule has 1 aromatic carbocycles. The zero-order valence-electron chi connectivity index (χ0n) is 18.8. The van der Waals surface area contributed by atoms with Gasteiger partial charge >= 0.3 is 0 Å². The molecule has 2 aliphatic heterocycles. The van der Waals surface area contributed by atoms with Crippen molar-refractivity contribution in [3.63, 3.8) is 0 Å². The molecule has 2 atom stereocenters. The van der Waals surface area contributed by atoms with Crippen molar-refractivity contribution in [1.29, 1.82) is 0 Å². The largest absolute Gasteiger partial charge is 0.495 e. The minimum Gasteiger partial charge on any atom is -0.495 e. The van der Waals surface area contributed by atoms with Crippen molar-refractivity contribution in [2.75, 3.05) is 46.5 Å². The van der Waals surface area contributed by atoms with E-state index >= 15 is 0 Å². The fourth-order valence-electron chi connectivity index (χ4n) is 4.73. The predicted octanol–water partition coefficient (Wildman–Crippen LogP) is 3.19. The predicted molar refractivity (Wildman–Crippen MR) is 132 cm³/mol. The van der Waals surface area contributed by atoms with E-state index in [2.05, 4.69) is 55.1 Å². The number of nitrogens with one attached hydrogen (secondary N) is 1. The molecule has 33 heavy (non-hydrogen) atoms. The smallest absolute Gasteiger partial charge is 0.170 e. The van der Waals surface area contributed by atoms with Crippen LogP contribution in [0.3, 0.4) is 0 Å². The van der Waals surface area contributed by atoms with Crippen LogP contribution in [0.1, 0.15) is 23.5 Å². The average Bonchev–Trinajstić information content (AvgIpc) is 3.48. The van der Waals surface area contributed by atoms with Gasteiger partial charge in [-0.05, 0) is 48.6 Å². The number of ether oxygens (including phenoxy) is 2. The minimum atomic E-state index is -0.0493. The van der Waals surface area contributed by atoms with Crippen LogP contribution in [0.25, 0.3) is 5.69 Å². The van der Waals surface area contributed by atoms with Gasteiger partial charge in [-0.3, -0.25) is 9.88 Å². The van der Waals surface area contributed by atoms with E-state index in [1.165, 1.54) is 0 Å². The molecule has 7 nitrogen and oxygen atoms in total. The number of hydrogen-bond acceptors (Lipinski definition) is 5. The van der Waals surface area contributed by atoms with E-state index in [1.807, 2.05) is 36.5 Å². The van der Waals surface area contributed by atoms with E-state index in [4.69, 9.17) is 21.7 Å². The zero-order chi connectivity index (χ0) is 22.6. The van der Waals surface area contributed by atoms with Gasteiger partial charge in [-0.25, -0.2) is 0 Å². The Morgan fingerprint density at radius 2 is 1.88 bits per heavy atom. The van der Waals surface area contributed by atoms with Gasteiger partial charge in [0.25, 0.3) is 0 Å². The van der Waals surface area contributed by atoms with E-state index in [9.17, 15) is 0 Å². The number of para-hydroxylation sites is 2. The molecule has 3 aromatic rings. The van der Waals surface area contributed by atoms with Gasteiger partial charge in [-0.15, -0.1) is 0 Å². The monoisotopic (exact) mass is 463 g/mol. The van der Waals surface area contributed by atoms with Crippen LogP contribution in [-0.4, -0.2) is 71.0 Å². The molecule has 0 spiro atoms. The summed E-state index contributed by atoms with van der Waals surface area (Å²) in [5.74, 6) is 0.831. The summed E-state index contributed by atoms with van der Waals surface area (Å²) in [7, 11) is 1.71. The van der Waals surface area contributed by atoms with E-state index in [1.54, 1.807) is 7.11 Å². The Labute approximate surface area is 199 Å². The molecular weight excluding hydrogens is 434 g/mol. The highest BCUT2D eigenvalue weighted by molar-refractivity contribution is 7.80. The highest BCUT2D eigenvalue weighted by Gasteiger charge is 2.41. The first-order valence-electron chi connectivity index (χ1n) is 11.3. The number of pyridine rings is 1. The van der Waals surface area contributed by atoms with Crippen LogP contribution in [-0.2, 0) is 4.74 Å². The van der Waals surface area contributed by atoms with Crippen molar-refractivity contribution in [3.05, 3.63) is 78.4 Å². The van der Waals surface area contributed by atoms with Gasteiger partial charge in [-0.1, -0.05) is 18.2 Å². The van der Waals surface area contributed by atoms with Crippen LogP contribution in [0.2, 0.25) is 0 Å². The summed E-state index contributed by atoms with van der Waals surface area (Å²) in [6.45, 7) is 5.27. The quantitative estimate of drug-likeness (QED) is 0.540. The fraction of sp³-hybridized carbons (Fsp3) is 0.360. The molecule has 2 fully saturated rings. The van der Waals surface area contributed by atoms with Crippen molar-refractivity contribution >= 4 is 17.3 Å². The minimum absolute atomic E-state index is 0.00615. The van der Waals surface area contributed by atoms with Crippen molar-refractivity contribution < 1.29 is 9.47 Å². The van der Waals surface area contributed by atoms with Crippen LogP contribution in [0, 0.1) is 0 Å². The number of hydrogen-bond donors (Lipinski definition) is 1. The van der Waals surface area contributed by atoms with Crippen LogP contribution in [0.15, 0.2) is 67.0 Å². The lowest BCUT2D eigenvalue weighted by Crippen LogP contribution is -2.42. The number of rotatable bonds is 7. The normalized spacial score (nSPS) is 21.2. The number of aromatic nitrogens is 2. The SMILES string of the molecule is COc1ccccc1-n1cccc1[C@@H]1[C@H](c2ccccn2)NC(=S)N1CCN1CCOCC1. The van der Waals surface area contributed by atoms with Crippen LogP contribution in [0.4, 0.5) is 0 Å². The van der Waals surface area contributed by atoms with Crippen molar-refractivity contribution in [3.8, 4) is 11.4 Å². The van der Waals surface area contributed by atoms with E-state index in [-0.39, 0.29) is 12.1 Å². The summed E-state index contributed by atoms with van der Waals surface area (Å²) in [6.07, 6.45) is 3.93. The Bertz CT molecular complexity index is 1080. The molecule has 1 N–H and O–H groups in total. The summed E-state index contributed by atoms with van der Waals surface area (Å²) in [5.41, 5.74) is 3.13. The van der Waals surface area contributed by atoms with Crippen molar-refractivity contribution in [2.45, 2.75) is 12.1 Å².